The van der Waals surface area contributed by atoms with Crippen LogP contribution in [0.2, 0.25) is 0 Å². The van der Waals surface area contributed by atoms with Crippen LogP contribution in [0.4, 0.5) is 0 Å². The molecular weight excluding hydrogens is 420 g/mol. The Balaban J connectivity index is 1.12. The van der Waals surface area contributed by atoms with E-state index in [1.807, 2.05) is 24.3 Å². The standard InChI is InChI=1S/C24H24N6O3/c1-29-13-18-5-3-2-4-17(18)10-20(29)12-26-24(31)23-11-22(33-28-23)14-32-21-8-6-19(7-9-21)30-16-25-15-27-30/h2-9,11,15-16,20H,10,12-14H2,1H3,(H,26,31)/t20-/m0/s1. The van der Waals surface area contributed by atoms with Gasteiger partial charge in [-0.25, -0.2) is 9.67 Å². The molecule has 0 fully saturated rings. The number of hydrogen-bond acceptors (Lipinski definition) is 7. The first-order chi connectivity index (χ1) is 16.2. The van der Waals surface area contributed by atoms with Crippen molar-refractivity contribution in [2.24, 2.45) is 0 Å². The molecule has 0 unspecified atom stereocenters. The average Bonchev–Trinajstić information content (AvgIpc) is 3.54. The topological polar surface area (TPSA) is 98.3 Å². The van der Waals surface area contributed by atoms with E-state index in [0.29, 0.717) is 18.1 Å². The lowest BCUT2D eigenvalue weighted by atomic mass is 9.94. The van der Waals surface area contributed by atoms with E-state index in [4.69, 9.17) is 9.26 Å². The highest BCUT2D eigenvalue weighted by Gasteiger charge is 2.24. The number of nitrogens with zero attached hydrogens (tertiary/aromatic N) is 5. The first-order valence-electron chi connectivity index (χ1n) is 10.7. The number of likely N-dealkylation sites (N-methyl/N-ethyl adjacent to an activating group) is 1. The van der Waals surface area contributed by atoms with Crippen molar-refractivity contribution in [1.82, 2.24) is 30.1 Å². The van der Waals surface area contributed by atoms with Gasteiger partial charge in [0.1, 0.15) is 25.0 Å². The zero-order valence-electron chi connectivity index (χ0n) is 18.2. The number of fused-ring (bicyclic) bond motifs is 1. The molecule has 3 heterocycles. The monoisotopic (exact) mass is 444 g/mol. The minimum Gasteiger partial charge on any atom is -0.486 e. The molecule has 9 heteroatoms. The molecular formula is C24H24N6O3. The second-order valence-electron chi connectivity index (χ2n) is 8.05. The number of nitrogens with one attached hydrogen (secondary N) is 1. The number of aromatic nitrogens is 4. The fraction of sp³-hybridized carbons (Fsp3) is 0.250. The van der Waals surface area contributed by atoms with Gasteiger partial charge in [0.25, 0.3) is 5.91 Å². The van der Waals surface area contributed by atoms with Gasteiger partial charge in [-0.2, -0.15) is 5.10 Å². The van der Waals surface area contributed by atoms with Gasteiger partial charge in [0.2, 0.25) is 0 Å². The minimum absolute atomic E-state index is 0.172. The van der Waals surface area contributed by atoms with Crippen molar-refractivity contribution < 1.29 is 14.1 Å². The second-order valence-corrected chi connectivity index (χ2v) is 8.05. The fourth-order valence-corrected chi connectivity index (χ4v) is 3.93. The third-order valence-electron chi connectivity index (χ3n) is 5.81. The van der Waals surface area contributed by atoms with Gasteiger partial charge in [0, 0.05) is 25.2 Å². The molecule has 2 aromatic carbocycles. The van der Waals surface area contributed by atoms with Gasteiger partial charge < -0.3 is 14.6 Å². The van der Waals surface area contributed by atoms with Crippen molar-refractivity contribution in [3.63, 3.8) is 0 Å². The number of rotatable bonds is 7. The quantitative estimate of drug-likeness (QED) is 0.468. The Morgan fingerprint density at radius 2 is 2.00 bits per heavy atom. The molecule has 0 saturated heterocycles. The first kappa shape index (κ1) is 20.9. The molecule has 4 aromatic rings. The van der Waals surface area contributed by atoms with Gasteiger partial charge in [-0.15, -0.1) is 0 Å². The van der Waals surface area contributed by atoms with E-state index in [0.717, 1.165) is 18.7 Å². The maximum absolute atomic E-state index is 12.6. The second kappa shape index (κ2) is 9.25. The van der Waals surface area contributed by atoms with Gasteiger partial charge in [0.05, 0.1) is 5.69 Å². The Kier molecular flexibility index (Phi) is 5.86. The molecule has 0 aliphatic carbocycles. The number of carbonyl (C=O) groups excluding carboxylic acids is 1. The van der Waals surface area contributed by atoms with Crippen LogP contribution in [0.3, 0.4) is 0 Å². The molecule has 0 radical (unpaired) electrons. The summed E-state index contributed by atoms with van der Waals surface area (Å²) in [4.78, 5) is 18.8. The maximum Gasteiger partial charge on any atom is 0.273 e. The van der Waals surface area contributed by atoms with Crippen molar-refractivity contribution in [1.29, 1.82) is 0 Å². The largest absolute Gasteiger partial charge is 0.486 e. The van der Waals surface area contributed by atoms with Crippen molar-refractivity contribution in [3.8, 4) is 11.4 Å². The number of benzene rings is 2. The Bertz CT molecular complexity index is 1220. The summed E-state index contributed by atoms with van der Waals surface area (Å²) in [5.74, 6) is 0.889. The summed E-state index contributed by atoms with van der Waals surface area (Å²) >= 11 is 0. The van der Waals surface area contributed by atoms with E-state index in [1.54, 1.807) is 17.1 Å². The van der Waals surface area contributed by atoms with Crippen molar-refractivity contribution in [2.75, 3.05) is 13.6 Å². The zero-order valence-corrected chi connectivity index (χ0v) is 18.2. The van der Waals surface area contributed by atoms with E-state index in [-0.39, 0.29) is 24.2 Å². The molecule has 1 atom stereocenters. The summed E-state index contributed by atoms with van der Waals surface area (Å²) in [6.07, 6.45) is 4.01. The van der Waals surface area contributed by atoms with Crippen LogP contribution in [0.15, 0.2) is 71.8 Å². The number of hydrogen-bond donors (Lipinski definition) is 1. The van der Waals surface area contributed by atoms with Crippen LogP contribution in [0.1, 0.15) is 27.4 Å². The number of ether oxygens (including phenoxy) is 1. The lowest BCUT2D eigenvalue weighted by Gasteiger charge is -2.34. The smallest absolute Gasteiger partial charge is 0.273 e. The average molecular weight is 444 g/mol. The molecule has 1 N–H and O–H groups in total. The molecule has 0 bridgehead atoms. The molecule has 1 aliphatic rings. The molecule has 5 rings (SSSR count). The van der Waals surface area contributed by atoms with E-state index >= 15 is 0 Å². The highest BCUT2D eigenvalue weighted by atomic mass is 16.5. The fourth-order valence-electron chi connectivity index (χ4n) is 3.93. The normalized spacial score (nSPS) is 15.7. The van der Waals surface area contributed by atoms with Gasteiger partial charge in [-0.1, -0.05) is 29.4 Å². The van der Waals surface area contributed by atoms with Crippen LogP contribution in [-0.4, -0.2) is 50.4 Å². The van der Waals surface area contributed by atoms with Crippen LogP contribution in [-0.2, 0) is 19.6 Å². The van der Waals surface area contributed by atoms with Crippen molar-refractivity contribution in [2.45, 2.75) is 25.6 Å². The number of amides is 1. The molecule has 9 nitrogen and oxygen atoms in total. The number of carbonyl (C=O) groups is 1. The zero-order chi connectivity index (χ0) is 22.6. The Hall–Kier alpha value is -3.98. The summed E-state index contributed by atoms with van der Waals surface area (Å²) in [6, 6.07) is 17.7. The van der Waals surface area contributed by atoms with Crippen molar-refractivity contribution >= 4 is 5.91 Å². The van der Waals surface area contributed by atoms with Crippen LogP contribution < -0.4 is 10.1 Å². The Morgan fingerprint density at radius 1 is 1.18 bits per heavy atom. The Labute approximate surface area is 191 Å². The van der Waals surface area contributed by atoms with Gasteiger partial charge in [-0.05, 0) is 48.9 Å². The summed E-state index contributed by atoms with van der Waals surface area (Å²) in [6.45, 7) is 1.59. The first-order valence-corrected chi connectivity index (χ1v) is 10.7. The molecule has 0 spiro atoms. The minimum atomic E-state index is -0.255. The lowest BCUT2D eigenvalue weighted by molar-refractivity contribution is 0.0925. The van der Waals surface area contributed by atoms with E-state index in [1.165, 1.54) is 17.5 Å². The van der Waals surface area contributed by atoms with Gasteiger partial charge in [0.15, 0.2) is 11.5 Å². The summed E-state index contributed by atoms with van der Waals surface area (Å²) in [5, 5.41) is 11.0. The van der Waals surface area contributed by atoms with Crippen LogP contribution in [0, 0.1) is 0 Å². The molecule has 1 aliphatic heterocycles. The molecule has 168 valence electrons. The highest BCUT2D eigenvalue weighted by Crippen LogP contribution is 2.21. The maximum atomic E-state index is 12.6. The third-order valence-corrected chi connectivity index (χ3v) is 5.81. The highest BCUT2D eigenvalue weighted by molar-refractivity contribution is 5.92. The van der Waals surface area contributed by atoms with Crippen LogP contribution in [0.5, 0.6) is 5.75 Å². The van der Waals surface area contributed by atoms with Crippen molar-refractivity contribution in [3.05, 3.63) is 89.8 Å². The molecule has 0 saturated carbocycles. The predicted octanol–water partition coefficient (Wildman–Crippen LogP) is 2.62. The van der Waals surface area contributed by atoms with E-state index in [9.17, 15) is 4.79 Å². The Morgan fingerprint density at radius 3 is 2.79 bits per heavy atom. The van der Waals surface area contributed by atoms with E-state index in [2.05, 4.69) is 56.8 Å². The lowest BCUT2D eigenvalue weighted by Crippen LogP contribution is -2.45. The SMILES string of the molecule is CN1Cc2ccccc2C[C@H]1CNC(=O)c1cc(COc2ccc(-n3cncn3)cc2)on1. The molecule has 1 amide bonds. The molecule has 33 heavy (non-hydrogen) atoms. The third kappa shape index (κ3) is 4.78. The van der Waals surface area contributed by atoms with Crippen LogP contribution in [0.25, 0.3) is 5.69 Å². The summed E-state index contributed by atoms with van der Waals surface area (Å²) < 4.78 is 12.7. The predicted molar refractivity (Wildman–Crippen MR) is 120 cm³/mol. The summed E-state index contributed by atoms with van der Waals surface area (Å²) in [5.41, 5.74) is 3.81. The molecule has 2 aromatic heterocycles. The van der Waals surface area contributed by atoms with Gasteiger partial charge in [-0.3, -0.25) is 9.69 Å². The summed E-state index contributed by atoms with van der Waals surface area (Å²) in [7, 11) is 2.08. The van der Waals surface area contributed by atoms with Crippen LogP contribution >= 0.6 is 0 Å². The van der Waals surface area contributed by atoms with Gasteiger partial charge >= 0.3 is 0 Å². The van der Waals surface area contributed by atoms with E-state index < -0.39 is 0 Å².